The van der Waals surface area contributed by atoms with E-state index in [0.29, 0.717) is 33.9 Å². The van der Waals surface area contributed by atoms with Crippen LogP contribution in [0.25, 0.3) is 0 Å². The molecule has 0 saturated carbocycles. The first-order valence-electron chi connectivity index (χ1n) is 9.95. The van der Waals surface area contributed by atoms with Crippen molar-refractivity contribution in [2.24, 2.45) is 11.8 Å². The summed E-state index contributed by atoms with van der Waals surface area (Å²) < 4.78 is 10.4. The maximum absolute atomic E-state index is 13.5. The largest absolute Gasteiger partial charge is 0.468 e. The van der Waals surface area contributed by atoms with E-state index in [4.69, 9.17) is 21.1 Å². The molecule has 1 aromatic rings. The van der Waals surface area contributed by atoms with Crippen LogP contribution in [0.15, 0.2) is 46.8 Å². The average molecular weight is 432 g/mol. The van der Waals surface area contributed by atoms with Crippen molar-refractivity contribution in [3.05, 3.63) is 57.4 Å². The number of methoxy groups -OCH3 is 1. The molecule has 7 heteroatoms. The Hall–Kier alpha value is -2.60. The first kappa shape index (κ1) is 22.1. The molecule has 1 aliphatic carbocycles. The van der Waals surface area contributed by atoms with Crippen molar-refractivity contribution in [2.45, 2.75) is 46.1 Å². The summed E-state index contributed by atoms with van der Waals surface area (Å²) in [5.74, 6) is -3.24. The van der Waals surface area contributed by atoms with Crippen molar-refractivity contribution in [1.82, 2.24) is 5.32 Å². The van der Waals surface area contributed by atoms with E-state index in [1.165, 1.54) is 7.11 Å². The summed E-state index contributed by atoms with van der Waals surface area (Å²) in [7, 11) is 1.27. The molecule has 0 aromatic heterocycles. The van der Waals surface area contributed by atoms with E-state index in [2.05, 4.69) is 5.32 Å². The summed E-state index contributed by atoms with van der Waals surface area (Å²) in [5.41, 5.74) is 2.78. The van der Waals surface area contributed by atoms with Gasteiger partial charge in [0.05, 0.1) is 18.8 Å². The van der Waals surface area contributed by atoms with Crippen LogP contribution in [0.3, 0.4) is 0 Å². The Morgan fingerprint density at radius 3 is 2.57 bits per heavy atom. The summed E-state index contributed by atoms with van der Waals surface area (Å²) in [6.07, 6.45) is 0.167. The van der Waals surface area contributed by atoms with E-state index in [0.717, 1.165) is 5.70 Å². The van der Waals surface area contributed by atoms with E-state index < -0.39 is 23.8 Å². The number of esters is 2. The van der Waals surface area contributed by atoms with Gasteiger partial charge < -0.3 is 14.8 Å². The number of benzene rings is 1. The predicted octanol–water partition coefficient (Wildman–Crippen LogP) is 3.90. The highest BCUT2D eigenvalue weighted by molar-refractivity contribution is 6.30. The minimum atomic E-state index is -0.919. The lowest BCUT2D eigenvalue weighted by molar-refractivity contribution is -0.151. The van der Waals surface area contributed by atoms with E-state index in [9.17, 15) is 14.4 Å². The summed E-state index contributed by atoms with van der Waals surface area (Å²) in [4.78, 5) is 38.9. The molecule has 0 spiro atoms. The number of Topliss-reactive ketones (excluding diaryl/α,β-unsaturated/α-hetero) is 1. The van der Waals surface area contributed by atoms with Gasteiger partial charge in [0.15, 0.2) is 5.78 Å². The zero-order valence-corrected chi connectivity index (χ0v) is 18.5. The van der Waals surface area contributed by atoms with Gasteiger partial charge in [0, 0.05) is 27.9 Å². The monoisotopic (exact) mass is 431 g/mol. The lowest BCUT2D eigenvalue weighted by Crippen LogP contribution is -2.43. The number of allylic oxidation sites excluding steroid dienone is 3. The fraction of sp³-hybridized carbons (Fsp3) is 0.435. The third-order valence-electron chi connectivity index (χ3n) is 5.49. The standard InChI is InChI=1S/C23H26ClNO5/c1-11(2)30-23(28)18-13(4)25-16-9-12(3)17(22(27)29-5)21(26)20(16)19(18)14-7-6-8-15(24)10-14/h6-8,10-12,17,19,25H,9H2,1-5H3/t12-,17-,19+/m1/s1. The van der Waals surface area contributed by atoms with Gasteiger partial charge in [-0.1, -0.05) is 30.7 Å². The third-order valence-corrected chi connectivity index (χ3v) is 5.72. The molecule has 30 heavy (non-hydrogen) atoms. The van der Waals surface area contributed by atoms with E-state index in [1.54, 1.807) is 39.0 Å². The predicted molar refractivity (Wildman–Crippen MR) is 113 cm³/mol. The van der Waals surface area contributed by atoms with Crippen molar-refractivity contribution in [1.29, 1.82) is 0 Å². The number of ketones is 1. The number of halogens is 1. The second kappa shape index (κ2) is 8.64. The minimum absolute atomic E-state index is 0.229. The van der Waals surface area contributed by atoms with Crippen LogP contribution in [0.5, 0.6) is 0 Å². The van der Waals surface area contributed by atoms with Gasteiger partial charge in [-0.15, -0.1) is 0 Å². The second-order valence-electron chi connectivity index (χ2n) is 8.04. The molecule has 0 saturated heterocycles. The molecule has 3 atom stereocenters. The van der Waals surface area contributed by atoms with Crippen LogP contribution in [0.2, 0.25) is 5.02 Å². The Morgan fingerprint density at radius 2 is 1.97 bits per heavy atom. The zero-order valence-electron chi connectivity index (χ0n) is 17.7. The van der Waals surface area contributed by atoms with Crippen molar-refractivity contribution >= 4 is 29.3 Å². The van der Waals surface area contributed by atoms with Crippen LogP contribution >= 0.6 is 11.6 Å². The van der Waals surface area contributed by atoms with Gasteiger partial charge in [-0.05, 0) is 50.8 Å². The molecule has 0 radical (unpaired) electrons. The lowest BCUT2D eigenvalue weighted by Gasteiger charge is -2.38. The van der Waals surface area contributed by atoms with Crippen molar-refractivity contribution in [3.8, 4) is 0 Å². The number of nitrogens with one attached hydrogen (secondary N) is 1. The topological polar surface area (TPSA) is 81.7 Å². The number of ether oxygens (including phenoxy) is 2. The number of dihydropyridines is 1. The van der Waals surface area contributed by atoms with E-state index in [1.807, 2.05) is 13.0 Å². The quantitative estimate of drug-likeness (QED) is 0.575. The Labute approximate surface area is 181 Å². The molecule has 0 fully saturated rings. The first-order chi connectivity index (χ1) is 14.1. The zero-order chi connectivity index (χ0) is 22.2. The van der Waals surface area contributed by atoms with E-state index >= 15 is 0 Å². The van der Waals surface area contributed by atoms with Gasteiger partial charge in [-0.3, -0.25) is 9.59 Å². The number of hydrogen-bond donors (Lipinski definition) is 1. The highest BCUT2D eigenvalue weighted by atomic mass is 35.5. The second-order valence-corrected chi connectivity index (χ2v) is 8.48. The van der Waals surface area contributed by atoms with Gasteiger partial charge >= 0.3 is 11.9 Å². The number of hydrogen-bond acceptors (Lipinski definition) is 6. The Kier molecular flexibility index (Phi) is 6.36. The third kappa shape index (κ3) is 4.01. The Bertz CT molecular complexity index is 962. The lowest BCUT2D eigenvalue weighted by atomic mass is 9.69. The van der Waals surface area contributed by atoms with E-state index in [-0.39, 0.29) is 17.8 Å². The van der Waals surface area contributed by atoms with Crippen LogP contribution in [0.1, 0.15) is 45.6 Å². The molecule has 2 aliphatic rings. The Morgan fingerprint density at radius 1 is 1.27 bits per heavy atom. The molecule has 1 heterocycles. The highest BCUT2D eigenvalue weighted by Gasteiger charge is 2.47. The van der Waals surface area contributed by atoms with Crippen LogP contribution < -0.4 is 5.32 Å². The molecular weight excluding hydrogens is 406 g/mol. The number of rotatable bonds is 4. The molecule has 1 aliphatic heterocycles. The molecule has 1 N–H and O–H groups in total. The van der Waals surface area contributed by atoms with Crippen LogP contribution in [0, 0.1) is 11.8 Å². The molecule has 0 unspecified atom stereocenters. The highest BCUT2D eigenvalue weighted by Crippen LogP contribution is 2.45. The van der Waals surface area contributed by atoms with Gasteiger partial charge in [-0.25, -0.2) is 4.79 Å². The van der Waals surface area contributed by atoms with Crippen molar-refractivity contribution in [2.75, 3.05) is 7.11 Å². The Balaban J connectivity index is 2.19. The van der Waals surface area contributed by atoms with Gasteiger partial charge in [0.25, 0.3) is 0 Å². The van der Waals surface area contributed by atoms with Crippen LogP contribution in [-0.4, -0.2) is 30.9 Å². The van der Waals surface area contributed by atoms with Crippen LogP contribution in [-0.2, 0) is 23.9 Å². The molecule has 160 valence electrons. The average Bonchev–Trinajstić information content (AvgIpc) is 2.65. The fourth-order valence-corrected chi connectivity index (χ4v) is 4.45. The maximum Gasteiger partial charge on any atom is 0.337 e. The minimum Gasteiger partial charge on any atom is -0.468 e. The summed E-state index contributed by atoms with van der Waals surface area (Å²) in [5, 5.41) is 3.72. The van der Waals surface area contributed by atoms with Crippen LogP contribution in [0.4, 0.5) is 0 Å². The molecule has 3 rings (SSSR count). The smallest absolute Gasteiger partial charge is 0.337 e. The number of carbonyl (C=O) groups excluding carboxylic acids is 3. The molecule has 0 amide bonds. The first-order valence-corrected chi connectivity index (χ1v) is 10.3. The molecular formula is C23H26ClNO5. The SMILES string of the molecule is COC(=O)[C@H]1C(=O)C2=C(C[C@H]1C)NC(C)=C(C(=O)OC(C)C)[C@@H]2c1cccc(Cl)c1. The normalized spacial score (nSPS) is 23.8. The number of carbonyl (C=O) groups is 3. The van der Waals surface area contributed by atoms with Crippen molar-refractivity contribution in [3.63, 3.8) is 0 Å². The molecule has 6 nitrogen and oxygen atoms in total. The van der Waals surface area contributed by atoms with Crippen molar-refractivity contribution < 1.29 is 23.9 Å². The van der Waals surface area contributed by atoms with Gasteiger partial charge in [0.1, 0.15) is 5.92 Å². The van der Waals surface area contributed by atoms with Gasteiger partial charge in [-0.2, -0.15) is 0 Å². The summed E-state index contributed by atoms with van der Waals surface area (Å²) in [6.45, 7) is 7.18. The summed E-state index contributed by atoms with van der Waals surface area (Å²) >= 11 is 6.23. The maximum atomic E-state index is 13.5. The molecule has 1 aromatic carbocycles. The fourth-order valence-electron chi connectivity index (χ4n) is 4.25. The molecule has 0 bridgehead atoms. The summed E-state index contributed by atoms with van der Waals surface area (Å²) in [6, 6.07) is 7.05. The van der Waals surface area contributed by atoms with Gasteiger partial charge in [0.2, 0.25) is 0 Å².